The van der Waals surface area contributed by atoms with Crippen molar-refractivity contribution >= 4 is 22.5 Å². The SMILES string of the molecule is O=C1c2c(c3cc(F)ccc3n2CCc2ccccc2)CCN1c1ccccc1. The van der Waals surface area contributed by atoms with E-state index in [1.54, 1.807) is 12.1 Å². The van der Waals surface area contributed by atoms with Crippen molar-refractivity contribution in [3.8, 4) is 0 Å². The fourth-order valence-electron chi connectivity index (χ4n) is 4.32. The van der Waals surface area contributed by atoms with Crippen LogP contribution >= 0.6 is 0 Å². The van der Waals surface area contributed by atoms with Gasteiger partial charge in [0.1, 0.15) is 11.5 Å². The minimum Gasteiger partial charge on any atom is -0.336 e. The number of carbonyl (C=O) groups is 1. The zero-order chi connectivity index (χ0) is 19.8. The largest absolute Gasteiger partial charge is 0.336 e. The number of hydrogen-bond donors (Lipinski definition) is 0. The Morgan fingerprint density at radius 2 is 1.62 bits per heavy atom. The number of rotatable bonds is 4. The highest BCUT2D eigenvalue weighted by Gasteiger charge is 2.31. The zero-order valence-electron chi connectivity index (χ0n) is 16.0. The van der Waals surface area contributed by atoms with Crippen molar-refractivity contribution < 1.29 is 9.18 Å². The molecule has 0 spiro atoms. The summed E-state index contributed by atoms with van der Waals surface area (Å²) in [5, 5.41) is 0.856. The Hall–Kier alpha value is -3.40. The van der Waals surface area contributed by atoms with Crippen LogP contribution in [0.1, 0.15) is 21.6 Å². The first-order chi connectivity index (χ1) is 14.2. The maximum atomic E-state index is 14.0. The molecule has 0 N–H and O–H groups in total. The minimum absolute atomic E-state index is 0.0119. The summed E-state index contributed by atoms with van der Waals surface area (Å²) in [6, 6.07) is 24.8. The smallest absolute Gasteiger partial charge is 0.275 e. The Balaban J connectivity index is 1.61. The van der Waals surface area contributed by atoms with Crippen molar-refractivity contribution in [3.05, 3.63) is 102 Å². The number of hydrogen-bond acceptors (Lipinski definition) is 1. The first kappa shape index (κ1) is 17.7. The summed E-state index contributed by atoms with van der Waals surface area (Å²) < 4.78 is 16.1. The van der Waals surface area contributed by atoms with E-state index in [4.69, 9.17) is 0 Å². The lowest BCUT2D eigenvalue weighted by atomic mass is 10.0. The van der Waals surface area contributed by atoms with Crippen molar-refractivity contribution in [1.29, 1.82) is 0 Å². The summed E-state index contributed by atoms with van der Waals surface area (Å²) in [6.07, 6.45) is 1.53. The van der Waals surface area contributed by atoms with Gasteiger partial charge < -0.3 is 9.47 Å². The zero-order valence-corrected chi connectivity index (χ0v) is 16.0. The van der Waals surface area contributed by atoms with Crippen LogP contribution in [0.15, 0.2) is 78.9 Å². The first-order valence-corrected chi connectivity index (χ1v) is 9.94. The molecule has 4 aromatic rings. The highest BCUT2D eigenvalue weighted by molar-refractivity contribution is 6.11. The molecule has 3 aromatic carbocycles. The van der Waals surface area contributed by atoms with E-state index < -0.39 is 0 Å². The lowest BCUT2D eigenvalue weighted by molar-refractivity contribution is 0.0972. The molecule has 1 aliphatic heterocycles. The van der Waals surface area contributed by atoms with Crippen LogP contribution < -0.4 is 4.90 Å². The molecular formula is C25H21FN2O. The molecule has 0 saturated carbocycles. The fourth-order valence-corrected chi connectivity index (χ4v) is 4.32. The minimum atomic E-state index is -0.265. The van der Waals surface area contributed by atoms with Gasteiger partial charge in [-0.15, -0.1) is 0 Å². The van der Waals surface area contributed by atoms with Crippen molar-refractivity contribution in [2.24, 2.45) is 0 Å². The van der Waals surface area contributed by atoms with Gasteiger partial charge in [-0.3, -0.25) is 4.79 Å². The number of fused-ring (bicyclic) bond motifs is 3. The van der Waals surface area contributed by atoms with Crippen molar-refractivity contribution in [1.82, 2.24) is 4.57 Å². The summed E-state index contributed by atoms with van der Waals surface area (Å²) >= 11 is 0. The molecule has 144 valence electrons. The third-order valence-electron chi connectivity index (χ3n) is 5.70. The van der Waals surface area contributed by atoms with Gasteiger partial charge in [-0.1, -0.05) is 48.5 Å². The van der Waals surface area contributed by atoms with E-state index in [2.05, 4.69) is 16.7 Å². The molecule has 0 radical (unpaired) electrons. The van der Waals surface area contributed by atoms with Gasteiger partial charge in [0.15, 0.2) is 0 Å². The number of nitrogens with zero attached hydrogens (tertiary/aromatic N) is 2. The standard InChI is InChI=1S/C25H21FN2O/c26-19-11-12-23-22(17-19)21-14-16-27(20-9-5-2-6-10-20)25(29)24(21)28(23)15-13-18-7-3-1-4-8-18/h1-12,17H,13-16H2. The van der Waals surface area contributed by atoms with Gasteiger partial charge in [-0.25, -0.2) is 4.39 Å². The Morgan fingerprint density at radius 3 is 2.38 bits per heavy atom. The quantitative estimate of drug-likeness (QED) is 0.473. The Bertz CT molecular complexity index is 1180. The van der Waals surface area contributed by atoms with E-state index in [9.17, 15) is 9.18 Å². The molecule has 4 heteroatoms. The van der Waals surface area contributed by atoms with E-state index >= 15 is 0 Å². The monoisotopic (exact) mass is 384 g/mol. The topological polar surface area (TPSA) is 25.2 Å². The van der Waals surface area contributed by atoms with Crippen molar-refractivity contribution in [2.75, 3.05) is 11.4 Å². The maximum Gasteiger partial charge on any atom is 0.275 e. The molecule has 5 rings (SSSR count). The summed E-state index contributed by atoms with van der Waals surface area (Å²) in [7, 11) is 0. The number of anilines is 1. The normalized spacial score (nSPS) is 13.7. The fraction of sp³-hybridized carbons (Fsp3) is 0.160. The van der Waals surface area contributed by atoms with Crippen LogP contribution in [0.25, 0.3) is 10.9 Å². The molecule has 0 unspecified atom stereocenters. The van der Waals surface area contributed by atoms with Gasteiger partial charge >= 0.3 is 0 Å². The van der Waals surface area contributed by atoms with Gasteiger partial charge in [0.05, 0.1) is 0 Å². The van der Waals surface area contributed by atoms with Crippen LogP contribution in [0.2, 0.25) is 0 Å². The van der Waals surface area contributed by atoms with Gasteiger partial charge in [-0.05, 0) is 54.3 Å². The molecule has 3 nitrogen and oxygen atoms in total. The molecule has 0 bridgehead atoms. The van der Waals surface area contributed by atoms with Gasteiger partial charge in [0, 0.05) is 29.7 Å². The lowest BCUT2D eigenvalue weighted by Gasteiger charge is -2.28. The number of carbonyl (C=O) groups excluding carboxylic acids is 1. The van der Waals surface area contributed by atoms with Gasteiger partial charge in [0.2, 0.25) is 0 Å². The molecule has 29 heavy (non-hydrogen) atoms. The number of aryl methyl sites for hydroxylation is 2. The number of halogens is 1. The van der Waals surface area contributed by atoms with Crippen molar-refractivity contribution in [2.45, 2.75) is 19.4 Å². The molecule has 0 atom stereocenters. The third kappa shape index (κ3) is 3.11. The lowest BCUT2D eigenvalue weighted by Crippen LogP contribution is -2.38. The van der Waals surface area contributed by atoms with Crippen LogP contribution in [-0.4, -0.2) is 17.0 Å². The molecule has 1 aliphatic rings. The maximum absolute atomic E-state index is 14.0. The number of para-hydroxylation sites is 1. The molecular weight excluding hydrogens is 363 g/mol. The second-order valence-corrected chi connectivity index (χ2v) is 7.42. The van der Waals surface area contributed by atoms with E-state index in [0.29, 0.717) is 25.2 Å². The first-order valence-electron chi connectivity index (χ1n) is 9.94. The average Bonchev–Trinajstić information content (AvgIpc) is 3.07. The Labute approximate surface area is 169 Å². The van der Waals surface area contributed by atoms with Gasteiger partial charge in [0.25, 0.3) is 5.91 Å². The number of aromatic nitrogens is 1. The van der Waals surface area contributed by atoms with E-state index in [-0.39, 0.29) is 11.7 Å². The van der Waals surface area contributed by atoms with Crippen molar-refractivity contribution in [3.63, 3.8) is 0 Å². The third-order valence-corrected chi connectivity index (χ3v) is 5.70. The van der Waals surface area contributed by atoms with Crippen LogP contribution in [-0.2, 0) is 19.4 Å². The summed E-state index contributed by atoms with van der Waals surface area (Å²) in [5.41, 5.74) is 4.69. The average molecular weight is 384 g/mol. The predicted octanol–water partition coefficient (Wildman–Crippen LogP) is 5.23. The molecule has 0 fully saturated rings. The Morgan fingerprint density at radius 1 is 0.897 bits per heavy atom. The van der Waals surface area contributed by atoms with E-state index in [1.807, 2.05) is 53.4 Å². The highest BCUT2D eigenvalue weighted by atomic mass is 19.1. The second-order valence-electron chi connectivity index (χ2n) is 7.42. The number of amides is 1. The second kappa shape index (κ2) is 7.21. The summed E-state index contributed by atoms with van der Waals surface area (Å²) in [6.45, 7) is 1.28. The summed E-state index contributed by atoms with van der Waals surface area (Å²) in [4.78, 5) is 15.3. The van der Waals surface area contributed by atoms with Crippen LogP contribution in [0.5, 0.6) is 0 Å². The van der Waals surface area contributed by atoms with Crippen LogP contribution in [0.3, 0.4) is 0 Å². The highest BCUT2D eigenvalue weighted by Crippen LogP contribution is 2.33. The molecule has 1 aromatic heterocycles. The summed E-state index contributed by atoms with van der Waals surface area (Å²) in [5.74, 6) is -0.277. The molecule has 0 aliphatic carbocycles. The van der Waals surface area contributed by atoms with E-state index in [0.717, 1.165) is 28.6 Å². The van der Waals surface area contributed by atoms with Crippen LogP contribution in [0, 0.1) is 5.82 Å². The van der Waals surface area contributed by atoms with Gasteiger partial charge in [-0.2, -0.15) is 0 Å². The van der Waals surface area contributed by atoms with E-state index in [1.165, 1.54) is 11.6 Å². The van der Waals surface area contributed by atoms with Crippen LogP contribution in [0.4, 0.5) is 10.1 Å². The molecule has 2 heterocycles. The Kier molecular flexibility index (Phi) is 4.39. The predicted molar refractivity (Wildman–Crippen MR) is 114 cm³/mol. The molecule has 1 amide bonds. The molecule has 0 saturated heterocycles. The number of benzene rings is 3.